The van der Waals surface area contributed by atoms with E-state index >= 15 is 0 Å². The highest BCUT2D eigenvalue weighted by Crippen LogP contribution is 2.23. The van der Waals surface area contributed by atoms with Crippen LogP contribution in [0.2, 0.25) is 0 Å². The zero-order chi connectivity index (χ0) is 16.8. The first kappa shape index (κ1) is 17.5. The molecule has 5 nitrogen and oxygen atoms in total. The van der Waals surface area contributed by atoms with E-state index in [4.69, 9.17) is 0 Å². The SMILES string of the molecule is Cc1ccc(NC(=O)C(=O)NC2CCCCCC2CO)cc1C. The zero-order valence-electron chi connectivity index (χ0n) is 13.9. The molecule has 0 aliphatic heterocycles. The summed E-state index contributed by atoms with van der Waals surface area (Å²) in [6.45, 7) is 4.00. The first-order chi connectivity index (χ1) is 11.0. The normalized spacial score (nSPS) is 21.3. The molecule has 2 rings (SSSR count). The van der Waals surface area contributed by atoms with Crippen molar-refractivity contribution in [3.63, 3.8) is 0 Å². The van der Waals surface area contributed by atoms with Crippen LogP contribution in [0.1, 0.15) is 43.2 Å². The number of aliphatic hydroxyl groups is 1. The van der Waals surface area contributed by atoms with Crippen molar-refractivity contribution < 1.29 is 14.7 Å². The van der Waals surface area contributed by atoms with Crippen molar-refractivity contribution in [3.05, 3.63) is 29.3 Å². The molecule has 0 saturated heterocycles. The second-order valence-electron chi connectivity index (χ2n) is 6.41. The monoisotopic (exact) mass is 318 g/mol. The van der Waals surface area contributed by atoms with E-state index in [-0.39, 0.29) is 18.6 Å². The van der Waals surface area contributed by atoms with E-state index in [1.54, 1.807) is 6.07 Å². The Morgan fingerprint density at radius 2 is 1.83 bits per heavy atom. The fourth-order valence-corrected chi connectivity index (χ4v) is 3.03. The number of anilines is 1. The molecule has 1 aromatic rings. The van der Waals surface area contributed by atoms with Crippen molar-refractivity contribution >= 4 is 17.5 Å². The molecular weight excluding hydrogens is 292 g/mol. The smallest absolute Gasteiger partial charge is 0.313 e. The molecule has 0 heterocycles. The van der Waals surface area contributed by atoms with Crippen molar-refractivity contribution in [3.8, 4) is 0 Å². The summed E-state index contributed by atoms with van der Waals surface area (Å²) in [6.07, 6.45) is 4.89. The molecular formula is C18H26N2O3. The maximum Gasteiger partial charge on any atom is 0.313 e. The molecule has 5 heteroatoms. The number of aliphatic hydroxyl groups excluding tert-OH is 1. The summed E-state index contributed by atoms with van der Waals surface area (Å²) in [5, 5.41) is 14.9. The Balaban J connectivity index is 1.95. The minimum absolute atomic E-state index is 0.0378. The predicted molar refractivity (Wildman–Crippen MR) is 90.1 cm³/mol. The molecule has 2 amide bonds. The van der Waals surface area contributed by atoms with Crippen LogP contribution < -0.4 is 10.6 Å². The first-order valence-electron chi connectivity index (χ1n) is 8.31. The highest BCUT2D eigenvalue weighted by molar-refractivity contribution is 6.39. The van der Waals surface area contributed by atoms with Crippen LogP contribution in [-0.2, 0) is 9.59 Å². The number of hydrogen-bond acceptors (Lipinski definition) is 3. The maximum absolute atomic E-state index is 12.1. The highest BCUT2D eigenvalue weighted by Gasteiger charge is 2.26. The maximum atomic E-state index is 12.1. The number of aryl methyl sites for hydroxylation is 2. The summed E-state index contributed by atoms with van der Waals surface area (Å²) in [5.41, 5.74) is 2.82. The summed E-state index contributed by atoms with van der Waals surface area (Å²) in [6, 6.07) is 5.43. The number of rotatable bonds is 3. The molecule has 2 atom stereocenters. The summed E-state index contributed by atoms with van der Waals surface area (Å²) in [4.78, 5) is 24.2. The van der Waals surface area contributed by atoms with E-state index in [1.165, 1.54) is 0 Å². The molecule has 0 radical (unpaired) electrons. The summed E-state index contributed by atoms with van der Waals surface area (Å²) < 4.78 is 0. The molecule has 0 spiro atoms. The standard InChI is InChI=1S/C18H26N2O3/c1-12-8-9-15(10-13(12)2)19-17(22)18(23)20-16-7-5-3-4-6-14(16)11-21/h8-10,14,16,21H,3-7,11H2,1-2H3,(H,19,22)(H,20,23). The van der Waals surface area contributed by atoms with E-state index in [2.05, 4.69) is 10.6 Å². The van der Waals surface area contributed by atoms with Crippen molar-refractivity contribution in [2.24, 2.45) is 5.92 Å². The Morgan fingerprint density at radius 1 is 1.09 bits per heavy atom. The van der Waals surface area contributed by atoms with Crippen molar-refractivity contribution in [1.29, 1.82) is 0 Å². The van der Waals surface area contributed by atoms with E-state index in [1.807, 2.05) is 26.0 Å². The van der Waals surface area contributed by atoms with E-state index in [9.17, 15) is 14.7 Å². The molecule has 1 aromatic carbocycles. The van der Waals surface area contributed by atoms with Gasteiger partial charge in [-0.25, -0.2) is 0 Å². The van der Waals surface area contributed by atoms with Gasteiger partial charge in [0.2, 0.25) is 0 Å². The van der Waals surface area contributed by atoms with Crippen LogP contribution in [0.3, 0.4) is 0 Å². The summed E-state index contributed by atoms with van der Waals surface area (Å²) >= 11 is 0. The fraction of sp³-hybridized carbons (Fsp3) is 0.556. The van der Waals surface area contributed by atoms with Gasteiger partial charge in [-0.1, -0.05) is 25.3 Å². The number of amides is 2. The third-order valence-electron chi connectivity index (χ3n) is 4.68. The lowest BCUT2D eigenvalue weighted by atomic mass is 9.95. The van der Waals surface area contributed by atoms with Gasteiger partial charge >= 0.3 is 11.8 Å². The van der Waals surface area contributed by atoms with Gasteiger partial charge < -0.3 is 15.7 Å². The van der Waals surface area contributed by atoms with Gasteiger partial charge in [0.05, 0.1) is 0 Å². The molecule has 1 aliphatic rings. The quantitative estimate of drug-likeness (QED) is 0.591. The van der Waals surface area contributed by atoms with E-state index in [0.29, 0.717) is 5.69 Å². The highest BCUT2D eigenvalue weighted by atomic mass is 16.3. The van der Waals surface area contributed by atoms with Crippen LogP contribution >= 0.6 is 0 Å². The number of nitrogens with one attached hydrogen (secondary N) is 2. The van der Waals surface area contributed by atoms with Gasteiger partial charge in [0.15, 0.2) is 0 Å². The lowest BCUT2D eigenvalue weighted by Crippen LogP contribution is -2.45. The van der Waals surface area contributed by atoms with Gasteiger partial charge in [-0.15, -0.1) is 0 Å². The van der Waals surface area contributed by atoms with Gasteiger partial charge in [0.25, 0.3) is 0 Å². The van der Waals surface area contributed by atoms with E-state index < -0.39 is 11.8 Å². The minimum atomic E-state index is -0.658. The molecule has 1 aliphatic carbocycles. The molecule has 1 fully saturated rings. The molecule has 1 saturated carbocycles. The average Bonchev–Trinajstić information content (AvgIpc) is 2.75. The van der Waals surface area contributed by atoms with Gasteiger partial charge in [-0.2, -0.15) is 0 Å². The second-order valence-corrected chi connectivity index (χ2v) is 6.41. The number of hydrogen-bond donors (Lipinski definition) is 3. The van der Waals surface area contributed by atoms with Gasteiger partial charge in [-0.3, -0.25) is 9.59 Å². The van der Waals surface area contributed by atoms with Gasteiger partial charge in [-0.05, 0) is 49.9 Å². The molecule has 0 bridgehead atoms. The topological polar surface area (TPSA) is 78.4 Å². The van der Waals surface area contributed by atoms with Gasteiger partial charge in [0, 0.05) is 24.3 Å². The third-order valence-corrected chi connectivity index (χ3v) is 4.68. The minimum Gasteiger partial charge on any atom is -0.396 e. The number of benzene rings is 1. The lowest BCUT2D eigenvalue weighted by Gasteiger charge is -2.24. The van der Waals surface area contributed by atoms with Crippen LogP contribution in [0.4, 0.5) is 5.69 Å². The van der Waals surface area contributed by atoms with Crippen molar-refractivity contribution in [2.45, 2.75) is 52.0 Å². The van der Waals surface area contributed by atoms with Crippen LogP contribution in [0.25, 0.3) is 0 Å². The van der Waals surface area contributed by atoms with Gasteiger partial charge in [0.1, 0.15) is 0 Å². The molecule has 0 aromatic heterocycles. The predicted octanol–water partition coefficient (Wildman–Crippen LogP) is 2.30. The molecule has 126 valence electrons. The number of carbonyl (C=O) groups is 2. The Hall–Kier alpha value is -1.88. The third kappa shape index (κ3) is 4.79. The van der Waals surface area contributed by atoms with Crippen LogP contribution in [0.15, 0.2) is 18.2 Å². The second kappa shape index (κ2) is 8.11. The summed E-state index contributed by atoms with van der Waals surface area (Å²) in [5.74, 6) is -1.25. The Labute approximate surface area is 137 Å². The lowest BCUT2D eigenvalue weighted by molar-refractivity contribution is -0.137. The van der Waals surface area contributed by atoms with Crippen molar-refractivity contribution in [2.75, 3.05) is 11.9 Å². The summed E-state index contributed by atoms with van der Waals surface area (Å²) in [7, 11) is 0. The zero-order valence-corrected chi connectivity index (χ0v) is 13.9. The average molecular weight is 318 g/mol. The van der Waals surface area contributed by atoms with Crippen LogP contribution in [0, 0.1) is 19.8 Å². The molecule has 2 unspecified atom stereocenters. The van der Waals surface area contributed by atoms with Crippen molar-refractivity contribution in [1.82, 2.24) is 5.32 Å². The largest absolute Gasteiger partial charge is 0.396 e. The van der Waals surface area contributed by atoms with Crippen LogP contribution in [-0.4, -0.2) is 29.6 Å². The first-order valence-corrected chi connectivity index (χ1v) is 8.31. The Kier molecular flexibility index (Phi) is 6.16. The molecule has 3 N–H and O–H groups in total. The molecule has 23 heavy (non-hydrogen) atoms. The van der Waals surface area contributed by atoms with Crippen LogP contribution in [0.5, 0.6) is 0 Å². The number of carbonyl (C=O) groups excluding carboxylic acids is 2. The van der Waals surface area contributed by atoms with E-state index in [0.717, 1.165) is 43.2 Å². The fourth-order valence-electron chi connectivity index (χ4n) is 3.03. The Morgan fingerprint density at radius 3 is 2.52 bits per heavy atom. The Bertz CT molecular complexity index is 571.